The van der Waals surface area contributed by atoms with Crippen molar-refractivity contribution in [3.8, 4) is 0 Å². The first-order valence-electron chi connectivity index (χ1n) is 10.7. The fraction of sp³-hybridized carbons (Fsp3) is 0.185. The number of amides is 2. The van der Waals surface area contributed by atoms with Crippen LogP contribution in [-0.4, -0.2) is 18.4 Å². The molecular formula is C27H26N2O2S. The molecule has 4 rings (SSSR count). The number of hydrogen-bond acceptors (Lipinski definition) is 4. The largest absolute Gasteiger partial charge is 0.336 e. The number of benzene rings is 3. The number of imide groups is 1. The fourth-order valence-corrected chi connectivity index (χ4v) is 4.81. The van der Waals surface area contributed by atoms with E-state index in [0.29, 0.717) is 22.8 Å². The van der Waals surface area contributed by atoms with E-state index in [-0.39, 0.29) is 11.8 Å². The maximum absolute atomic E-state index is 13.8. The normalized spacial score (nSPS) is 13.8. The summed E-state index contributed by atoms with van der Waals surface area (Å²) in [5.74, 6) is -0.567. The summed E-state index contributed by atoms with van der Waals surface area (Å²) < 4.78 is 0. The first-order chi connectivity index (χ1) is 15.4. The van der Waals surface area contributed by atoms with Crippen LogP contribution in [0.4, 0.5) is 11.4 Å². The second-order valence-electron chi connectivity index (χ2n) is 7.84. The molecule has 0 aliphatic carbocycles. The van der Waals surface area contributed by atoms with Crippen molar-refractivity contribution in [2.24, 2.45) is 0 Å². The first kappa shape index (κ1) is 21.9. The third kappa shape index (κ3) is 3.96. The number of thioether (sulfide) groups is 1. The van der Waals surface area contributed by atoms with Crippen LogP contribution in [0.2, 0.25) is 0 Å². The molecule has 0 radical (unpaired) electrons. The van der Waals surface area contributed by atoms with Gasteiger partial charge in [0.2, 0.25) is 0 Å². The van der Waals surface area contributed by atoms with Gasteiger partial charge in [0, 0.05) is 17.1 Å². The van der Waals surface area contributed by atoms with Crippen LogP contribution >= 0.6 is 11.8 Å². The van der Waals surface area contributed by atoms with Gasteiger partial charge in [-0.05, 0) is 69.2 Å². The molecule has 1 aliphatic heterocycles. The highest BCUT2D eigenvalue weighted by atomic mass is 32.2. The van der Waals surface area contributed by atoms with Crippen molar-refractivity contribution < 1.29 is 9.59 Å². The van der Waals surface area contributed by atoms with Crippen molar-refractivity contribution in [2.75, 3.05) is 16.3 Å². The van der Waals surface area contributed by atoms with Gasteiger partial charge in [0.1, 0.15) is 10.6 Å². The minimum atomic E-state index is -0.288. The number of anilines is 2. The van der Waals surface area contributed by atoms with Gasteiger partial charge < -0.3 is 4.90 Å². The number of aryl methyl sites for hydroxylation is 2. The smallest absolute Gasteiger partial charge is 0.283 e. The number of rotatable bonds is 6. The van der Waals surface area contributed by atoms with Crippen LogP contribution in [0.5, 0.6) is 0 Å². The lowest BCUT2D eigenvalue weighted by Crippen LogP contribution is -2.35. The minimum Gasteiger partial charge on any atom is -0.336 e. The van der Waals surface area contributed by atoms with Crippen LogP contribution in [0.25, 0.3) is 0 Å². The molecule has 162 valence electrons. The van der Waals surface area contributed by atoms with Gasteiger partial charge in [-0.25, -0.2) is 4.90 Å². The molecule has 0 unspecified atom stereocenters. The van der Waals surface area contributed by atoms with Gasteiger partial charge in [-0.15, -0.1) is 0 Å². The molecule has 0 saturated heterocycles. The summed E-state index contributed by atoms with van der Waals surface area (Å²) in [5.41, 5.74) is 5.07. The summed E-state index contributed by atoms with van der Waals surface area (Å²) in [7, 11) is 0. The van der Waals surface area contributed by atoms with Crippen LogP contribution in [0, 0.1) is 20.8 Å². The van der Waals surface area contributed by atoms with Crippen LogP contribution in [-0.2, 0) is 9.59 Å². The average Bonchev–Trinajstić information content (AvgIpc) is 3.03. The highest BCUT2D eigenvalue weighted by Gasteiger charge is 2.43. The standard InChI is InChI=1S/C27H26N2O2S/c1-5-28(21-11-7-6-8-12-21)24-25(32-22-16-14-18(2)15-17-22)27(31)29(26(24)30)23-13-9-10-19(3)20(23)4/h6-17H,5H2,1-4H3. The van der Waals surface area contributed by atoms with Gasteiger partial charge in [0.05, 0.1) is 5.69 Å². The van der Waals surface area contributed by atoms with Crippen LogP contribution in [0.1, 0.15) is 23.6 Å². The van der Waals surface area contributed by atoms with Gasteiger partial charge in [-0.3, -0.25) is 9.59 Å². The molecule has 3 aromatic carbocycles. The summed E-state index contributed by atoms with van der Waals surface area (Å²) in [5, 5.41) is 0. The van der Waals surface area contributed by atoms with Crippen molar-refractivity contribution in [3.63, 3.8) is 0 Å². The molecule has 0 spiro atoms. The van der Waals surface area contributed by atoms with Gasteiger partial charge in [0.15, 0.2) is 0 Å². The summed E-state index contributed by atoms with van der Waals surface area (Å²) in [6, 6.07) is 23.5. The van der Waals surface area contributed by atoms with E-state index >= 15 is 0 Å². The van der Waals surface area contributed by atoms with E-state index in [0.717, 1.165) is 27.3 Å². The average molecular weight is 443 g/mol. The number of carbonyl (C=O) groups excluding carboxylic acids is 2. The zero-order valence-corrected chi connectivity index (χ0v) is 19.6. The zero-order chi connectivity index (χ0) is 22.8. The Morgan fingerprint density at radius 2 is 1.50 bits per heavy atom. The Morgan fingerprint density at radius 3 is 2.16 bits per heavy atom. The molecule has 0 aromatic heterocycles. The fourth-order valence-electron chi connectivity index (χ4n) is 3.83. The lowest BCUT2D eigenvalue weighted by Gasteiger charge is -2.25. The number of nitrogens with zero attached hydrogens (tertiary/aromatic N) is 2. The van der Waals surface area contributed by atoms with Crippen molar-refractivity contribution in [3.05, 3.63) is 100 Å². The van der Waals surface area contributed by atoms with E-state index in [1.54, 1.807) is 0 Å². The van der Waals surface area contributed by atoms with E-state index < -0.39 is 0 Å². The monoisotopic (exact) mass is 442 g/mol. The van der Waals surface area contributed by atoms with Crippen LogP contribution < -0.4 is 9.80 Å². The third-order valence-electron chi connectivity index (χ3n) is 5.73. The van der Waals surface area contributed by atoms with Crippen molar-refractivity contribution in [1.82, 2.24) is 0 Å². The molecule has 1 heterocycles. The first-order valence-corrected chi connectivity index (χ1v) is 11.5. The molecule has 0 N–H and O–H groups in total. The van der Waals surface area contributed by atoms with E-state index in [9.17, 15) is 9.59 Å². The van der Waals surface area contributed by atoms with Gasteiger partial charge in [0.25, 0.3) is 11.8 Å². The number of likely N-dealkylation sites (N-methyl/N-ethyl adjacent to an activating group) is 1. The molecule has 5 heteroatoms. The topological polar surface area (TPSA) is 40.6 Å². The lowest BCUT2D eigenvalue weighted by molar-refractivity contribution is -0.120. The maximum Gasteiger partial charge on any atom is 0.283 e. The molecule has 1 aliphatic rings. The van der Waals surface area contributed by atoms with Crippen molar-refractivity contribution in [2.45, 2.75) is 32.6 Å². The molecular weight excluding hydrogens is 416 g/mol. The minimum absolute atomic E-state index is 0.279. The second kappa shape index (κ2) is 9.05. The number of hydrogen-bond donors (Lipinski definition) is 0. The second-order valence-corrected chi connectivity index (χ2v) is 8.92. The SMILES string of the molecule is CCN(C1=C(Sc2ccc(C)cc2)C(=O)N(c2cccc(C)c2C)C1=O)c1ccccc1. The van der Waals surface area contributed by atoms with Crippen LogP contribution in [0.3, 0.4) is 0 Å². The van der Waals surface area contributed by atoms with E-state index in [1.807, 2.05) is 105 Å². The molecule has 32 heavy (non-hydrogen) atoms. The Morgan fingerprint density at radius 1 is 0.812 bits per heavy atom. The number of para-hydroxylation sites is 1. The van der Waals surface area contributed by atoms with E-state index in [1.165, 1.54) is 16.7 Å². The molecule has 0 saturated carbocycles. The summed E-state index contributed by atoms with van der Waals surface area (Å²) in [6.45, 7) is 8.52. The molecule has 2 amide bonds. The van der Waals surface area contributed by atoms with Crippen molar-refractivity contribution >= 4 is 35.0 Å². The molecule has 4 nitrogen and oxygen atoms in total. The maximum atomic E-state index is 13.8. The summed E-state index contributed by atoms with van der Waals surface area (Å²) >= 11 is 1.35. The van der Waals surface area contributed by atoms with Gasteiger partial charge in [-0.2, -0.15) is 0 Å². The Kier molecular flexibility index (Phi) is 6.19. The van der Waals surface area contributed by atoms with E-state index in [4.69, 9.17) is 0 Å². The van der Waals surface area contributed by atoms with Crippen molar-refractivity contribution in [1.29, 1.82) is 0 Å². The Balaban J connectivity index is 1.85. The molecule has 0 fully saturated rings. The van der Waals surface area contributed by atoms with Crippen LogP contribution in [0.15, 0.2) is 88.3 Å². The van der Waals surface area contributed by atoms with E-state index in [2.05, 4.69) is 0 Å². The number of carbonyl (C=O) groups is 2. The third-order valence-corrected chi connectivity index (χ3v) is 6.81. The molecule has 3 aromatic rings. The predicted octanol–water partition coefficient (Wildman–Crippen LogP) is 6.02. The predicted molar refractivity (Wildman–Crippen MR) is 132 cm³/mol. The highest BCUT2D eigenvalue weighted by Crippen LogP contribution is 2.41. The summed E-state index contributed by atoms with van der Waals surface area (Å²) in [6.07, 6.45) is 0. The Bertz CT molecular complexity index is 1200. The summed E-state index contributed by atoms with van der Waals surface area (Å²) in [4.78, 5) is 32.2. The lowest BCUT2D eigenvalue weighted by atomic mass is 10.1. The van der Waals surface area contributed by atoms with Gasteiger partial charge >= 0.3 is 0 Å². The highest BCUT2D eigenvalue weighted by molar-refractivity contribution is 8.04. The quantitative estimate of drug-likeness (QED) is 0.438. The Hall–Kier alpha value is -3.31. The molecule has 0 bridgehead atoms. The zero-order valence-electron chi connectivity index (χ0n) is 18.8. The Labute approximate surface area is 193 Å². The molecule has 0 atom stereocenters. The van der Waals surface area contributed by atoms with Gasteiger partial charge in [-0.1, -0.05) is 59.8 Å².